The monoisotopic (exact) mass is 318 g/mol. The molecule has 2 atom stereocenters. The van der Waals surface area contributed by atoms with Crippen molar-refractivity contribution in [1.82, 2.24) is 9.78 Å². The van der Waals surface area contributed by atoms with Gasteiger partial charge < -0.3 is 0 Å². The summed E-state index contributed by atoms with van der Waals surface area (Å²) >= 11 is 9.98. The van der Waals surface area contributed by atoms with Crippen molar-refractivity contribution in [2.75, 3.05) is 0 Å². The highest BCUT2D eigenvalue weighted by Crippen LogP contribution is 2.31. The van der Waals surface area contributed by atoms with E-state index in [4.69, 9.17) is 11.6 Å². The van der Waals surface area contributed by atoms with Crippen LogP contribution in [0.4, 0.5) is 0 Å². The molecule has 0 saturated heterocycles. The Morgan fingerprint density at radius 2 is 2.12 bits per heavy atom. The van der Waals surface area contributed by atoms with Crippen molar-refractivity contribution < 1.29 is 0 Å². The average Bonchev–Trinajstić information content (AvgIpc) is 2.46. The summed E-state index contributed by atoms with van der Waals surface area (Å²) in [6.45, 7) is 2.05. The molecule has 0 amide bonds. The first kappa shape index (κ1) is 13.4. The normalized spacial score (nSPS) is 25.9. The SMILES string of the molecule is Cc1nn(C)c(CC2CCCCC(Cl)C2)c1Br. The minimum atomic E-state index is 0.371. The highest BCUT2D eigenvalue weighted by Gasteiger charge is 2.21. The van der Waals surface area contributed by atoms with E-state index >= 15 is 0 Å². The zero-order valence-corrected chi connectivity index (χ0v) is 12.9. The highest BCUT2D eigenvalue weighted by molar-refractivity contribution is 9.10. The van der Waals surface area contributed by atoms with E-state index in [0.717, 1.165) is 18.5 Å². The molecular weight excluding hydrogens is 300 g/mol. The predicted octanol–water partition coefficient (Wildman–Crippen LogP) is 4.22. The molecule has 2 nitrogen and oxygen atoms in total. The number of alkyl halides is 1. The highest BCUT2D eigenvalue weighted by atomic mass is 79.9. The number of aryl methyl sites for hydroxylation is 2. The molecule has 0 N–H and O–H groups in total. The molecule has 17 heavy (non-hydrogen) atoms. The van der Waals surface area contributed by atoms with Crippen LogP contribution in [0.5, 0.6) is 0 Å². The van der Waals surface area contributed by atoms with Crippen molar-refractivity contribution in [3.05, 3.63) is 15.9 Å². The smallest absolute Gasteiger partial charge is 0.0738 e. The first-order valence-electron chi connectivity index (χ1n) is 6.40. The van der Waals surface area contributed by atoms with Crippen LogP contribution in [-0.4, -0.2) is 15.2 Å². The summed E-state index contributed by atoms with van der Waals surface area (Å²) in [4.78, 5) is 0. The van der Waals surface area contributed by atoms with Crippen molar-refractivity contribution in [3.8, 4) is 0 Å². The topological polar surface area (TPSA) is 17.8 Å². The largest absolute Gasteiger partial charge is 0.271 e. The van der Waals surface area contributed by atoms with Gasteiger partial charge in [-0.25, -0.2) is 0 Å². The van der Waals surface area contributed by atoms with E-state index in [9.17, 15) is 0 Å². The van der Waals surface area contributed by atoms with Gasteiger partial charge in [-0.1, -0.05) is 19.3 Å². The molecule has 1 aromatic rings. The van der Waals surface area contributed by atoms with E-state index in [1.807, 2.05) is 18.7 Å². The Labute approximate surface area is 117 Å². The first-order chi connectivity index (χ1) is 8.08. The van der Waals surface area contributed by atoms with Gasteiger partial charge in [-0.15, -0.1) is 11.6 Å². The van der Waals surface area contributed by atoms with E-state index in [1.165, 1.54) is 35.8 Å². The second-order valence-corrected chi connectivity index (χ2v) is 6.57. The van der Waals surface area contributed by atoms with Crippen molar-refractivity contribution >= 4 is 27.5 Å². The molecule has 1 aromatic heterocycles. The standard InChI is InChI=1S/C13H20BrClN2/c1-9-13(14)12(17(2)16-9)8-10-5-3-4-6-11(15)7-10/h10-11H,3-8H2,1-2H3. The molecule has 2 unspecified atom stereocenters. The van der Waals surface area contributed by atoms with E-state index < -0.39 is 0 Å². The lowest BCUT2D eigenvalue weighted by Crippen LogP contribution is -2.11. The molecule has 1 fully saturated rings. The van der Waals surface area contributed by atoms with Gasteiger partial charge in [0, 0.05) is 12.4 Å². The second kappa shape index (κ2) is 5.75. The van der Waals surface area contributed by atoms with Crippen molar-refractivity contribution in [2.45, 2.75) is 50.8 Å². The van der Waals surface area contributed by atoms with Gasteiger partial charge in [0.2, 0.25) is 0 Å². The van der Waals surface area contributed by atoms with Crippen LogP contribution in [-0.2, 0) is 13.5 Å². The molecule has 1 aliphatic carbocycles. The van der Waals surface area contributed by atoms with Crippen LogP contribution in [0, 0.1) is 12.8 Å². The number of rotatable bonds is 2. The summed E-state index contributed by atoms with van der Waals surface area (Å²) in [6.07, 6.45) is 7.35. The van der Waals surface area contributed by atoms with Crippen LogP contribution >= 0.6 is 27.5 Å². The summed E-state index contributed by atoms with van der Waals surface area (Å²) in [6, 6.07) is 0. The van der Waals surface area contributed by atoms with E-state index in [1.54, 1.807) is 0 Å². The molecule has 0 aromatic carbocycles. The van der Waals surface area contributed by atoms with Crippen LogP contribution in [0.15, 0.2) is 4.47 Å². The minimum absolute atomic E-state index is 0.371. The van der Waals surface area contributed by atoms with E-state index in [-0.39, 0.29) is 0 Å². The van der Waals surface area contributed by atoms with Crippen molar-refractivity contribution in [1.29, 1.82) is 0 Å². The van der Waals surface area contributed by atoms with Crippen LogP contribution in [0.25, 0.3) is 0 Å². The van der Waals surface area contributed by atoms with Gasteiger partial charge in [-0.05, 0) is 48.0 Å². The van der Waals surface area contributed by atoms with Crippen molar-refractivity contribution in [2.24, 2.45) is 13.0 Å². The summed E-state index contributed by atoms with van der Waals surface area (Å²) in [5.74, 6) is 0.714. The van der Waals surface area contributed by atoms with Crippen LogP contribution < -0.4 is 0 Å². The number of nitrogens with zero attached hydrogens (tertiary/aromatic N) is 2. The molecule has 2 rings (SSSR count). The molecule has 0 radical (unpaired) electrons. The maximum atomic E-state index is 6.33. The minimum Gasteiger partial charge on any atom is -0.271 e. The van der Waals surface area contributed by atoms with Crippen LogP contribution in [0.2, 0.25) is 0 Å². The lowest BCUT2D eigenvalue weighted by Gasteiger charge is -2.16. The molecule has 0 spiro atoms. The Kier molecular flexibility index (Phi) is 4.53. The molecule has 1 aliphatic rings. The fraction of sp³-hybridized carbons (Fsp3) is 0.769. The molecule has 1 heterocycles. The zero-order chi connectivity index (χ0) is 12.4. The van der Waals surface area contributed by atoms with Gasteiger partial charge in [0.15, 0.2) is 0 Å². The average molecular weight is 320 g/mol. The van der Waals surface area contributed by atoms with Crippen molar-refractivity contribution in [3.63, 3.8) is 0 Å². The van der Waals surface area contributed by atoms with Gasteiger partial charge in [-0.3, -0.25) is 4.68 Å². The van der Waals surface area contributed by atoms with Gasteiger partial charge in [0.1, 0.15) is 0 Å². The Morgan fingerprint density at radius 3 is 2.76 bits per heavy atom. The third-order valence-electron chi connectivity index (χ3n) is 3.71. The fourth-order valence-electron chi connectivity index (χ4n) is 2.76. The molecule has 96 valence electrons. The molecule has 1 saturated carbocycles. The predicted molar refractivity (Wildman–Crippen MR) is 75.6 cm³/mol. The fourth-order valence-corrected chi connectivity index (χ4v) is 3.66. The molecule has 4 heteroatoms. The third-order valence-corrected chi connectivity index (χ3v) is 5.14. The maximum Gasteiger partial charge on any atom is 0.0738 e. The number of halogens is 2. The molecule has 0 bridgehead atoms. The quantitative estimate of drug-likeness (QED) is 0.589. The number of hydrogen-bond donors (Lipinski definition) is 0. The van der Waals surface area contributed by atoms with Gasteiger partial charge in [0.05, 0.1) is 15.9 Å². The zero-order valence-electron chi connectivity index (χ0n) is 10.5. The Hall–Kier alpha value is -0.0200. The molecule has 0 aliphatic heterocycles. The summed E-state index contributed by atoms with van der Waals surface area (Å²) in [7, 11) is 2.03. The summed E-state index contributed by atoms with van der Waals surface area (Å²) < 4.78 is 3.18. The number of aromatic nitrogens is 2. The Bertz CT molecular complexity index is 389. The van der Waals surface area contributed by atoms with Crippen LogP contribution in [0.3, 0.4) is 0 Å². The molecular formula is C13H20BrClN2. The third kappa shape index (κ3) is 3.25. The Balaban J connectivity index is 2.08. The first-order valence-corrected chi connectivity index (χ1v) is 7.63. The number of hydrogen-bond acceptors (Lipinski definition) is 1. The lowest BCUT2D eigenvalue weighted by atomic mass is 9.95. The maximum absolute atomic E-state index is 6.33. The van der Waals surface area contributed by atoms with Gasteiger partial charge in [0.25, 0.3) is 0 Å². The lowest BCUT2D eigenvalue weighted by molar-refractivity contribution is 0.446. The summed E-state index contributed by atoms with van der Waals surface area (Å²) in [5.41, 5.74) is 2.40. The van der Waals surface area contributed by atoms with Gasteiger partial charge in [-0.2, -0.15) is 5.10 Å². The van der Waals surface area contributed by atoms with E-state index in [0.29, 0.717) is 11.3 Å². The second-order valence-electron chi connectivity index (χ2n) is 5.16. The van der Waals surface area contributed by atoms with Gasteiger partial charge >= 0.3 is 0 Å². The Morgan fingerprint density at radius 1 is 1.41 bits per heavy atom. The van der Waals surface area contributed by atoms with E-state index in [2.05, 4.69) is 21.0 Å². The summed E-state index contributed by atoms with van der Waals surface area (Å²) in [5, 5.41) is 4.83. The van der Waals surface area contributed by atoms with Crippen LogP contribution in [0.1, 0.15) is 43.5 Å².